The van der Waals surface area contributed by atoms with E-state index in [0.717, 1.165) is 5.69 Å². The Morgan fingerprint density at radius 1 is 1.14 bits per heavy atom. The molecule has 2 amide bonds. The molecule has 9 heteroatoms. The Morgan fingerprint density at radius 2 is 1.93 bits per heavy atom. The Morgan fingerprint density at radius 3 is 2.64 bits per heavy atom. The Hall–Kier alpha value is -3.20. The molecule has 0 saturated carbocycles. The number of benzene rings is 2. The van der Waals surface area contributed by atoms with Gasteiger partial charge < -0.3 is 10.2 Å². The van der Waals surface area contributed by atoms with Crippen molar-refractivity contribution in [3.05, 3.63) is 54.6 Å². The predicted octanol–water partition coefficient (Wildman–Crippen LogP) is 2.77. The van der Waals surface area contributed by atoms with Crippen LogP contribution in [-0.4, -0.2) is 44.3 Å². The number of thioether (sulfide) groups is 1. The van der Waals surface area contributed by atoms with Crippen LogP contribution in [0.5, 0.6) is 0 Å². The molecular weight excluding hydrogens is 376 g/mol. The summed E-state index contributed by atoms with van der Waals surface area (Å²) in [6.07, 6.45) is 0. The van der Waals surface area contributed by atoms with Gasteiger partial charge in [-0.3, -0.25) is 9.59 Å². The van der Waals surface area contributed by atoms with Gasteiger partial charge in [0, 0.05) is 24.8 Å². The van der Waals surface area contributed by atoms with Crippen LogP contribution in [0.25, 0.3) is 5.69 Å². The van der Waals surface area contributed by atoms with Gasteiger partial charge in [-0.25, -0.2) is 0 Å². The number of hydrogen-bond donors (Lipinski definition) is 1. The van der Waals surface area contributed by atoms with Crippen LogP contribution in [0.3, 0.4) is 0 Å². The fraction of sp³-hybridized carbons (Fsp3) is 0.211. The van der Waals surface area contributed by atoms with Crippen molar-refractivity contribution in [2.45, 2.75) is 19.0 Å². The van der Waals surface area contributed by atoms with Crippen LogP contribution in [0.2, 0.25) is 0 Å². The third kappa shape index (κ3) is 4.74. The molecule has 1 aromatic heterocycles. The fourth-order valence-corrected chi connectivity index (χ4v) is 3.43. The second-order valence-corrected chi connectivity index (χ2v) is 6.81. The van der Waals surface area contributed by atoms with Crippen LogP contribution in [0.15, 0.2) is 59.8 Å². The highest BCUT2D eigenvalue weighted by Gasteiger charge is 2.17. The van der Waals surface area contributed by atoms with E-state index in [9.17, 15) is 9.59 Å². The van der Waals surface area contributed by atoms with Crippen LogP contribution in [-0.2, 0) is 9.59 Å². The molecule has 8 nitrogen and oxygen atoms in total. The van der Waals surface area contributed by atoms with E-state index < -0.39 is 0 Å². The number of carbonyl (C=O) groups excluding carboxylic acids is 2. The number of tetrazole rings is 1. The lowest BCUT2D eigenvalue weighted by Gasteiger charge is -2.20. The van der Waals surface area contributed by atoms with Crippen molar-refractivity contribution in [2.75, 3.05) is 22.5 Å². The van der Waals surface area contributed by atoms with Crippen molar-refractivity contribution >= 4 is 35.0 Å². The summed E-state index contributed by atoms with van der Waals surface area (Å²) in [7, 11) is 0. The van der Waals surface area contributed by atoms with Gasteiger partial charge in [-0.1, -0.05) is 36.0 Å². The molecule has 144 valence electrons. The van der Waals surface area contributed by atoms with Crippen LogP contribution >= 0.6 is 11.8 Å². The van der Waals surface area contributed by atoms with Crippen LogP contribution < -0.4 is 10.2 Å². The first-order valence-electron chi connectivity index (χ1n) is 8.73. The topological polar surface area (TPSA) is 93.0 Å². The molecule has 0 aliphatic heterocycles. The number of amides is 2. The molecule has 0 fully saturated rings. The van der Waals surface area contributed by atoms with Gasteiger partial charge in [-0.05, 0) is 47.7 Å². The van der Waals surface area contributed by atoms with E-state index in [1.165, 1.54) is 18.7 Å². The summed E-state index contributed by atoms with van der Waals surface area (Å²) >= 11 is 1.26. The maximum Gasteiger partial charge on any atom is 0.237 e. The minimum absolute atomic E-state index is 0.0275. The van der Waals surface area contributed by atoms with Gasteiger partial charge in [0.1, 0.15) is 0 Å². The summed E-state index contributed by atoms with van der Waals surface area (Å²) in [5.74, 6) is 0.0176. The van der Waals surface area contributed by atoms with Crippen LogP contribution in [0.1, 0.15) is 13.8 Å². The third-order valence-corrected chi connectivity index (χ3v) is 4.77. The maximum absolute atomic E-state index is 12.7. The number of nitrogens with one attached hydrogen (secondary N) is 1. The molecule has 0 radical (unpaired) electrons. The number of carbonyl (C=O) groups is 2. The zero-order valence-electron chi connectivity index (χ0n) is 15.6. The van der Waals surface area contributed by atoms with Crippen molar-refractivity contribution < 1.29 is 9.59 Å². The largest absolute Gasteiger partial charge is 0.326 e. The first-order chi connectivity index (χ1) is 13.6. The van der Waals surface area contributed by atoms with Crippen molar-refractivity contribution in [2.24, 2.45) is 0 Å². The van der Waals surface area contributed by atoms with Gasteiger partial charge in [-0.2, -0.15) is 4.68 Å². The highest BCUT2D eigenvalue weighted by atomic mass is 32.2. The molecule has 3 rings (SSSR count). The molecule has 0 spiro atoms. The summed E-state index contributed by atoms with van der Waals surface area (Å²) < 4.78 is 1.54. The van der Waals surface area contributed by atoms with E-state index in [4.69, 9.17) is 0 Å². The molecule has 0 saturated heterocycles. The predicted molar refractivity (Wildman–Crippen MR) is 109 cm³/mol. The molecule has 0 aliphatic rings. The zero-order valence-corrected chi connectivity index (χ0v) is 16.4. The lowest BCUT2D eigenvalue weighted by Crippen LogP contribution is -2.32. The molecule has 0 bridgehead atoms. The van der Waals surface area contributed by atoms with Gasteiger partial charge in [0.05, 0.1) is 11.4 Å². The highest BCUT2D eigenvalue weighted by Crippen LogP contribution is 2.22. The second kappa shape index (κ2) is 9.14. The minimum atomic E-state index is -0.158. The van der Waals surface area contributed by atoms with Gasteiger partial charge >= 0.3 is 0 Å². The standard InChI is InChI=1S/C19H20N6O2S/c1-3-24(16-9-5-4-6-10-16)18(27)13-28-19-21-22-23-25(19)17-11-7-8-15(12-17)20-14(2)26/h4-12H,3,13H2,1-2H3,(H,20,26). The fourth-order valence-electron chi connectivity index (χ4n) is 2.66. The molecule has 3 aromatic rings. The van der Waals surface area contributed by atoms with Crippen LogP contribution in [0.4, 0.5) is 11.4 Å². The number of rotatable bonds is 7. The maximum atomic E-state index is 12.7. The van der Waals surface area contributed by atoms with E-state index >= 15 is 0 Å². The monoisotopic (exact) mass is 396 g/mol. The first kappa shape index (κ1) is 19.6. The smallest absolute Gasteiger partial charge is 0.237 e. The third-order valence-electron chi connectivity index (χ3n) is 3.86. The van der Waals surface area contributed by atoms with Crippen molar-refractivity contribution in [1.29, 1.82) is 0 Å². The Labute approximate surface area is 166 Å². The van der Waals surface area contributed by atoms with Gasteiger partial charge in [0.15, 0.2) is 0 Å². The quantitative estimate of drug-likeness (QED) is 0.617. The summed E-state index contributed by atoms with van der Waals surface area (Å²) in [5, 5.41) is 15.0. The average molecular weight is 396 g/mol. The molecule has 1 heterocycles. The SMILES string of the molecule is CCN(C(=O)CSc1nnnn1-c1cccc(NC(C)=O)c1)c1ccccc1. The zero-order chi connectivity index (χ0) is 19.9. The molecule has 2 aromatic carbocycles. The number of para-hydroxylation sites is 1. The average Bonchev–Trinajstić information content (AvgIpc) is 3.16. The molecular formula is C19H20N6O2S. The summed E-state index contributed by atoms with van der Waals surface area (Å²) in [5.41, 5.74) is 2.20. The first-order valence-corrected chi connectivity index (χ1v) is 9.71. The molecule has 1 N–H and O–H groups in total. The molecule has 28 heavy (non-hydrogen) atoms. The highest BCUT2D eigenvalue weighted by molar-refractivity contribution is 7.99. The molecule has 0 atom stereocenters. The summed E-state index contributed by atoms with van der Waals surface area (Å²) in [4.78, 5) is 25.7. The summed E-state index contributed by atoms with van der Waals surface area (Å²) in [6, 6.07) is 16.7. The normalized spacial score (nSPS) is 10.5. The Kier molecular flexibility index (Phi) is 6.38. The number of aromatic nitrogens is 4. The Bertz CT molecular complexity index is 960. The number of anilines is 2. The Balaban J connectivity index is 1.72. The van der Waals surface area contributed by atoms with Crippen molar-refractivity contribution in [3.63, 3.8) is 0 Å². The minimum Gasteiger partial charge on any atom is -0.326 e. The molecule has 0 aliphatic carbocycles. The van der Waals surface area contributed by atoms with E-state index in [-0.39, 0.29) is 17.6 Å². The van der Waals surface area contributed by atoms with E-state index in [0.29, 0.717) is 23.1 Å². The lowest BCUT2D eigenvalue weighted by molar-refractivity contribution is -0.116. The van der Waals surface area contributed by atoms with E-state index in [1.807, 2.05) is 43.3 Å². The van der Waals surface area contributed by atoms with Gasteiger partial charge in [0.25, 0.3) is 0 Å². The summed E-state index contributed by atoms with van der Waals surface area (Å²) in [6.45, 7) is 3.96. The lowest BCUT2D eigenvalue weighted by atomic mass is 10.3. The van der Waals surface area contributed by atoms with Crippen LogP contribution in [0, 0.1) is 0 Å². The van der Waals surface area contributed by atoms with Crippen molar-refractivity contribution in [3.8, 4) is 5.69 Å². The number of hydrogen-bond acceptors (Lipinski definition) is 6. The van der Waals surface area contributed by atoms with E-state index in [1.54, 1.807) is 27.8 Å². The van der Waals surface area contributed by atoms with Crippen molar-refractivity contribution in [1.82, 2.24) is 20.2 Å². The van der Waals surface area contributed by atoms with E-state index in [2.05, 4.69) is 20.8 Å². The molecule has 0 unspecified atom stereocenters. The second-order valence-electron chi connectivity index (χ2n) is 5.87. The van der Waals surface area contributed by atoms with Gasteiger partial charge in [-0.15, -0.1) is 5.10 Å². The van der Waals surface area contributed by atoms with Gasteiger partial charge in [0.2, 0.25) is 17.0 Å². The number of nitrogens with zero attached hydrogens (tertiary/aromatic N) is 5.